The molecule has 4 saturated carbocycles. The van der Waals surface area contributed by atoms with Crippen LogP contribution in [0.1, 0.15) is 29.8 Å². The minimum Gasteiger partial charge on any atom is -0.463 e. The van der Waals surface area contributed by atoms with E-state index in [0.29, 0.717) is 48.0 Å². The molecule has 2 aromatic heterocycles. The summed E-state index contributed by atoms with van der Waals surface area (Å²) in [6, 6.07) is 5.28. The third-order valence-corrected chi connectivity index (χ3v) is 7.00. The summed E-state index contributed by atoms with van der Waals surface area (Å²) >= 11 is 0. The van der Waals surface area contributed by atoms with Crippen LogP contribution in [0.2, 0.25) is 0 Å². The Morgan fingerprint density at radius 3 is 2.77 bits per heavy atom. The zero-order chi connectivity index (χ0) is 17.5. The van der Waals surface area contributed by atoms with E-state index in [0.717, 1.165) is 12.3 Å². The highest BCUT2D eigenvalue weighted by Crippen LogP contribution is 2.79. The predicted molar refractivity (Wildman–Crippen MR) is 90.9 cm³/mol. The van der Waals surface area contributed by atoms with Crippen molar-refractivity contribution in [3.05, 3.63) is 30.2 Å². The molecule has 4 aliphatic carbocycles. The molecule has 3 heterocycles. The summed E-state index contributed by atoms with van der Waals surface area (Å²) in [5.74, 6) is 2.90. The molecule has 1 saturated heterocycles. The molecule has 2 unspecified atom stereocenters. The second kappa shape index (κ2) is 4.78. The van der Waals surface area contributed by atoms with Crippen molar-refractivity contribution in [1.82, 2.24) is 20.4 Å². The van der Waals surface area contributed by atoms with E-state index in [9.17, 15) is 9.59 Å². The Morgan fingerprint density at radius 1 is 1.31 bits per heavy atom. The van der Waals surface area contributed by atoms with Crippen molar-refractivity contribution >= 4 is 11.8 Å². The summed E-state index contributed by atoms with van der Waals surface area (Å²) in [6.07, 6.45) is 5.22. The fourth-order valence-electron chi connectivity index (χ4n) is 5.81. The molecule has 2 amide bonds. The van der Waals surface area contributed by atoms with Gasteiger partial charge in [-0.3, -0.25) is 14.7 Å². The molecule has 134 valence electrons. The highest BCUT2D eigenvalue weighted by Gasteiger charge is 2.78. The van der Waals surface area contributed by atoms with Gasteiger partial charge in [0.05, 0.1) is 17.7 Å². The Kier molecular flexibility index (Phi) is 2.68. The molecule has 2 aromatic rings. The van der Waals surface area contributed by atoms with Gasteiger partial charge >= 0.3 is 0 Å². The van der Waals surface area contributed by atoms with E-state index in [2.05, 4.69) is 15.5 Å². The maximum atomic E-state index is 12.8. The van der Waals surface area contributed by atoms with Gasteiger partial charge in [-0.05, 0) is 49.1 Å². The van der Waals surface area contributed by atoms with E-state index in [1.165, 1.54) is 12.8 Å². The van der Waals surface area contributed by atoms with Crippen LogP contribution in [0.3, 0.4) is 0 Å². The van der Waals surface area contributed by atoms with E-state index in [1.54, 1.807) is 18.4 Å². The van der Waals surface area contributed by atoms with Crippen LogP contribution < -0.4 is 5.32 Å². The molecular formula is C19H20N4O3. The molecule has 0 aromatic carbocycles. The quantitative estimate of drug-likeness (QED) is 0.875. The number of aromatic nitrogens is 2. The molecule has 7 nitrogen and oxygen atoms in total. The van der Waals surface area contributed by atoms with E-state index in [-0.39, 0.29) is 17.4 Å². The number of carbonyl (C=O) groups excluding carboxylic acids is 2. The van der Waals surface area contributed by atoms with Gasteiger partial charge in [0.25, 0.3) is 5.91 Å². The molecule has 2 N–H and O–H groups in total. The molecule has 5 fully saturated rings. The molecule has 0 radical (unpaired) electrons. The van der Waals surface area contributed by atoms with Crippen molar-refractivity contribution in [2.45, 2.75) is 25.3 Å². The molecule has 0 spiro atoms. The van der Waals surface area contributed by atoms with Gasteiger partial charge in [-0.2, -0.15) is 5.10 Å². The summed E-state index contributed by atoms with van der Waals surface area (Å²) in [5, 5.41) is 9.84. The average molecular weight is 352 g/mol. The first kappa shape index (κ1) is 14.6. The fourth-order valence-corrected chi connectivity index (χ4v) is 5.81. The van der Waals surface area contributed by atoms with Crippen LogP contribution in [0.5, 0.6) is 0 Å². The molecule has 1 aliphatic heterocycles. The van der Waals surface area contributed by atoms with Gasteiger partial charge in [-0.1, -0.05) is 0 Å². The Hall–Kier alpha value is -2.57. The maximum Gasteiger partial charge on any atom is 0.272 e. The van der Waals surface area contributed by atoms with E-state index < -0.39 is 0 Å². The Morgan fingerprint density at radius 2 is 2.12 bits per heavy atom. The normalized spacial score (nSPS) is 34.0. The second-order valence-corrected chi connectivity index (χ2v) is 8.32. The molecule has 4 bridgehead atoms. The van der Waals surface area contributed by atoms with Crippen LogP contribution in [-0.2, 0) is 4.79 Å². The van der Waals surface area contributed by atoms with Crippen LogP contribution in [0.4, 0.5) is 0 Å². The number of hydrogen-bond donors (Lipinski definition) is 2. The Balaban J connectivity index is 1.06. The lowest BCUT2D eigenvalue weighted by atomic mass is 9.98. The molecule has 26 heavy (non-hydrogen) atoms. The van der Waals surface area contributed by atoms with Crippen LogP contribution in [0, 0.1) is 23.2 Å². The van der Waals surface area contributed by atoms with Gasteiger partial charge in [0, 0.05) is 19.2 Å². The summed E-state index contributed by atoms with van der Waals surface area (Å²) in [6.45, 7) is 1.23. The molecular weight excluding hydrogens is 332 g/mol. The summed E-state index contributed by atoms with van der Waals surface area (Å²) in [5.41, 5.74) is 1.00. The zero-order valence-corrected chi connectivity index (χ0v) is 14.3. The summed E-state index contributed by atoms with van der Waals surface area (Å²) in [7, 11) is 0. The van der Waals surface area contributed by atoms with E-state index >= 15 is 0 Å². The number of likely N-dealkylation sites (tertiary alicyclic amines) is 1. The zero-order valence-electron chi connectivity index (χ0n) is 14.3. The standard InChI is InChI=1S/C19H20N4O3/c24-17(15-6-14(21-22-15)16-2-1-3-26-16)20-11-8-23(9-11)18(25)19-7-10-4-12(19)13(19)5-10/h1-3,6,10-13H,4-5,7-9H2,(H,20,24)(H,21,22). The topological polar surface area (TPSA) is 91.2 Å². The van der Waals surface area contributed by atoms with Crippen LogP contribution in [0.25, 0.3) is 11.5 Å². The lowest BCUT2D eigenvalue weighted by molar-refractivity contribution is -0.142. The number of aromatic amines is 1. The third kappa shape index (κ3) is 1.80. The van der Waals surface area contributed by atoms with Gasteiger partial charge < -0.3 is 14.6 Å². The van der Waals surface area contributed by atoms with Gasteiger partial charge in [0.15, 0.2) is 11.5 Å². The fraction of sp³-hybridized carbons (Fsp3) is 0.526. The van der Waals surface area contributed by atoms with Crippen molar-refractivity contribution in [2.75, 3.05) is 13.1 Å². The molecule has 7 rings (SSSR count). The lowest BCUT2D eigenvalue weighted by Crippen LogP contribution is -2.62. The van der Waals surface area contributed by atoms with Crippen molar-refractivity contribution in [3.63, 3.8) is 0 Å². The first-order chi connectivity index (χ1) is 12.6. The summed E-state index contributed by atoms with van der Waals surface area (Å²) in [4.78, 5) is 27.2. The monoisotopic (exact) mass is 352 g/mol. The Bertz CT molecular complexity index is 884. The smallest absolute Gasteiger partial charge is 0.272 e. The van der Waals surface area contributed by atoms with Crippen LogP contribution in [0.15, 0.2) is 28.9 Å². The van der Waals surface area contributed by atoms with Gasteiger partial charge in [0.1, 0.15) is 5.69 Å². The average Bonchev–Trinajstić information content (AvgIpc) is 3.31. The molecule has 5 aliphatic rings. The largest absolute Gasteiger partial charge is 0.463 e. The summed E-state index contributed by atoms with van der Waals surface area (Å²) < 4.78 is 5.29. The van der Waals surface area contributed by atoms with E-state index in [1.807, 2.05) is 11.0 Å². The van der Waals surface area contributed by atoms with Crippen molar-refractivity contribution in [2.24, 2.45) is 23.2 Å². The van der Waals surface area contributed by atoms with Crippen LogP contribution in [-0.4, -0.2) is 46.0 Å². The van der Waals surface area contributed by atoms with E-state index in [4.69, 9.17) is 4.42 Å². The van der Waals surface area contributed by atoms with Gasteiger partial charge in [0.2, 0.25) is 5.91 Å². The second-order valence-electron chi connectivity index (χ2n) is 8.32. The van der Waals surface area contributed by atoms with Crippen molar-refractivity contribution in [1.29, 1.82) is 0 Å². The number of H-pyrrole nitrogens is 1. The predicted octanol–water partition coefficient (Wildman–Crippen LogP) is 1.66. The number of amides is 2. The third-order valence-electron chi connectivity index (χ3n) is 7.00. The first-order valence-electron chi connectivity index (χ1n) is 9.34. The number of carbonyl (C=O) groups is 2. The number of furan rings is 1. The maximum absolute atomic E-state index is 12.8. The molecule has 7 heteroatoms. The highest BCUT2D eigenvalue weighted by molar-refractivity contribution is 5.94. The number of nitrogens with zero attached hydrogens (tertiary/aromatic N) is 2. The van der Waals surface area contributed by atoms with Gasteiger partial charge in [-0.15, -0.1) is 0 Å². The van der Waals surface area contributed by atoms with Crippen molar-refractivity contribution < 1.29 is 14.0 Å². The lowest BCUT2D eigenvalue weighted by Gasteiger charge is -2.41. The van der Waals surface area contributed by atoms with Gasteiger partial charge in [-0.25, -0.2) is 0 Å². The SMILES string of the molecule is O=C(NC1CN(C(=O)C23CC4CC2C3C4)C1)c1cc(-c2ccco2)[nH]n1. The number of rotatable bonds is 4. The Labute approximate surface area is 150 Å². The first-order valence-corrected chi connectivity index (χ1v) is 9.34. The number of hydrogen-bond acceptors (Lipinski definition) is 4. The number of nitrogens with one attached hydrogen (secondary N) is 2. The highest BCUT2D eigenvalue weighted by atomic mass is 16.3. The van der Waals surface area contributed by atoms with Crippen LogP contribution >= 0.6 is 0 Å². The van der Waals surface area contributed by atoms with Crippen molar-refractivity contribution in [3.8, 4) is 11.5 Å². The minimum atomic E-state index is -0.221. The minimum absolute atomic E-state index is 0.000217. The molecule has 2 atom stereocenters.